The molecule has 1 aromatic carbocycles. The fourth-order valence-electron chi connectivity index (χ4n) is 3.27. The quantitative estimate of drug-likeness (QED) is 0.705. The summed E-state index contributed by atoms with van der Waals surface area (Å²) in [4.78, 5) is 6.50. The van der Waals surface area contributed by atoms with E-state index in [0.29, 0.717) is 19.1 Å². The van der Waals surface area contributed by atoms with Crippen molar-refractivity contribution < 1.29 is 13.2 Å². The molecule has 142 valence electrons. The lowest BCUT2D eigenvalue weighted by molar-refractivity contribution is 0.155. The van der Waals surface area contributed by atoms with E-state index in [4.69, 9.17) is 4.74 Å². The van der Waals surface area contributed by atoms with Crippen molar-refractivity contribution in [2.24, 2.45) is 0 Å². The van der Waals surface area contributed by atoms with Crippen LogP contribution in [0, 0.1) is 0 Å². The van der Waals surface area contributed by atoms with Gasteiger partial charge in [0, 0.05) is 25.7 Å². The number of hydrogen-bond acceptors (Lipinski definition) is 5. The van der Waals surface area contributed by atoms with Gasteiger partial charge in [-0.2, -0.15) is 0 Å². The van der Waals surface area contributed by atoms with Gasteiger partial charge in [0.15, 0.2) is 0 Å². The molecule has 0 saturated carbocycles. The molecule has 7 heteroatoms. The van der Waals surface area contributed by atoms with Gasteiger partial charge < -0.3 is 9.30 Å². The summed E-state index contributed by atoms with van der Waals surface area (Å²) in [5.41, 5.74) is 2.12. The molecule has 6 nitrogen and oxygen atoms in total. The highest BCUT2D eigenvalue weighted by Gasteiger charge is 2.25. The fourth-order valence-corrected chi connectivity index (χ4v) is 4.29. The van der Waals surface area contributed by atoms with Crippen LogP contribution < -0.4 is 0 Å². The van der Waals surface area contributed by atoms with E-state index < -0.39 is 9.84 Å². The lowest BCUT2D eigenvalue weighted by Crippen LogP contribution is -2.32. The first kappa shape index (κ1) is 19.1. The Morgan fingerprint density at radius 2 is 2.08 bits per heavy atom. The average molecular weight is 378 g/mol. The van der Waals surface area contributed by atoms with Crippen LogP contribution in [0.2, 0.25) is 0 Å². The lowest BCUT2D eigenvalue weighted by Gasteiger charge is -2.23. The first-order valence-electron chi connectivity index (χ1n) is 9.10. The highest BCUT2D eigenvalue weighted by molar-refractivity contribution is 7.91. The minimum absolute atomic E-state index is 0.0566. The van der Waals surface area contributed by atoms with E-state index in [-0.39, 0.29) is 10.9 Å². The Hall–Kier alpha value is -1.70. The van der Waals surface area contributed by atoms with Gasteiger partial charge in [-0.25, -0.2) is 13.4 Å². The largest absolute Gasteiger partial charge is 0.380 e. The van der Waals surface area contributed by atoms with Crippen LogP contribution in [-0.2, 0) is 34.1 Å². The van der Waals surface area contributed by atoms with Crippen LogP contribution in [0.3, 0.4) is 0 Å². The van der Waals surface area contributed by atoms with Gasteiger partial charge in [-0.05, 0) is 25.5 Å². The van der Waals surface area contributed by atoms with E-state index in [2.05, 4.69) is 29.1 Å². The van der Waals surface area contributed by atoms with Gasteiger partial charge in [-0.1, -0.05) is 37.3 Å². The van der Waals surface area contributed by atoms with Crippen molar-refractivity contribution >= 4 is 9.84 Å². The zero-order chi connectivity index (χ0) is 18.6. The van der Waals surface area contributed by atoms with E-state index in [9.17, 15) is 8.42 Å². The summed E-state index contributed by atoms with van der Waals surface area (Å²) < 4.78 is 32.3. The zero-order valence-corrected chi connectivity index (χ0v) is 16.3. The molecule has 0 N–H and O–H groups in total. The molecule has 1 unspecified atom stereocenters. The number of ether oxygens (including phenoxy) is 1. The predicted octanol–water partition coefficient (Wildman–Crippen LogP) is 2.14. The third kappa shape index (κ3) is 4.34. The number of likely N-dealkylation sites (N-methyl/N-ethyl adjacent to an activating group) is 1. The number of nitrogens with zero attached hydrogens (tertiary/aromatic N) is 3. The number of hydrogen-bond donors (Lipinski definition) is 0. The maximum atomic E-state index is 12.5. The molecule has 1 aliphatic heterocycles. The number of aryl methyl sites for hydroxylation is 1. The fraction of sp³-hybridized carbons (Fsp3) is 0.526. The van der Waals surface area contributed by atoms with Crippen molar-refractivity contribution in [1.82, 2.24) is 14.5 Å². The minimum Gasteiger partial charge on any atom is -0.380 e. The molecular formula is C19H27N3O3S. The van der Waals surface area contributed by atoms with E-state index in [1.54, 1.807) is 13.1 Å². The molecule has 0 aliphatic carbocycles. The molecule has 1 aromatic heterocycles. The van der Waals surface area contributed by atoms with Gasteiger partial charge in [-0.15, -0.1) is 0 Å². The zero-order valence-electron chi connectivity index (χ0n) is 15.5. The van der Waals surface area contributed by atoms with E-state index >= 15 is 0 Å². The SMILES string of the molecule is CCS(=O)(=O)c1ncc(CN(C)C2CCOC2)n1CCc1ccccc1. The molecule has 0 amide bonds. The van der Waals surface area contributed by atoms with Crippen molar-refractivity contribution in [3.63, 3.8) is 0 Å². The Morgan fingerprint density at radius 3 is 2.73 bits per heavy atom. The second-order valence-corrected chi connectivity index (χ2v) is 8.93. The van der Waals surface area contributed by atoms with Crippen LogP contribution in [0.15, 0.2) is 41.7 Å². The van der Waals surface area contributed by atoms with Crippen LogP contribution in [0.25, 0.3) is 0 Å². The molecule has 2 heterocycles. The standard InChI is InChI=1S/C19H27N3O3S/c1-3-26(23,24)19-20-13-18(14-21(2)17-10-12-25-15-17)22(19)11-9-16-7-5-4-6-8-16/h4-8,13,17H,3,9-12,14-15H2,1-2H3. The summed E-state index contributed by atoms with van der Waals surface area (Å²) in [6.07, 6.45) is 3.49. The molecule has 0 radical (unpaired) electrons. The normalized spacial score (nSPS) is 17.9. The van der Waals surface area contributed by atoms with Crippen molar-refractivity contribution in [3.8, 4) is 0 Å². The maximum absolute atomic E-state index is 12.5. The van der Waals surface area contributed by atoms with E-state index in [0.717, 1.165) is 31.7 Å². The molecular weight excluding hydrogens is 350 g/mol. The number of rotatable bonds is 8. The first-order valence-corrected chi connectivity index (χ1v) is 10.8. The van der Waals surface area contributed by atoms with Crippen molar-refractivity contribution in [2.75, 3.05) is 26.0 Å². The minimum atomic E-state index is -3.36. The number of imidazole rings is 1. The van der Waals surface area contributed by atoms with Gasteiger partial charge in [0.1, 0.15) is 0 Å². The molecule has 2 aromatic rings. The predicted molar refractivity (Wildman–Crippen MR) is 101 cm³/mol. The summed E-state index contributed by atoms with van der Waals surface area (Å²) >= 11 is 0. The number of sulfone groups is 1. The van der Waals surface area contributed by atoms with Crippen LogP contribution in [0.1, 0.15) is 24.6 Å². The van der Waals surface area contributed by atoms with Crippen LogP contribution >= 0.6 is 0 Å². The van der Waals surface area contributed by atoms with Crippen molar-refractivity contribution in [1.29, 1.82) is 0 Å². The van der Waals surface area contributed by atoms with Crippen molar-refractivity contribution in [3.05, 3.63) is 47.8 Å². The number of aromatic nitrogens is 2. The van der Waals surface area contributed by atoms with Gasteiger partial charge >= 0.3 is 0 Å². The molecule has 26 heavy (non-hydrogen) atoms. The first-order chi connectivity index (χ1) is 12.5. The monoisotopic (exact) mass is 377 g/mol. The van der Waals surface area contributed by atoms with Crippen LogP contribution in [-0.4, -0.2) is 54.9 Å². The molecule has 3 rings (SSSR count). The Morgan fingerprint density at radius 1 is 1.31 bits per heavy atom. The van der Waals surface area contributed by atoms with Crippen LogP contribution in [0.5, 0.6) is 0 Å². The molecule has 1 fully saturated rings. The van der Waals surface area contributed by atoms with Gasteiger partial charge in [0.2, 0.25) is 15.0 Å². The molecule has 1 saturated heterocycles. The molecule has 1 aliphatic rings. The third-order valence-electron chi connectivity index (χ3n) is 4.97. The Labute approximate surface area is 155 Å². The summed E-state index contributed by atoms with van der Waals surface area (Å²) in [5.74, 6) is 0.0566. The number of benzene rings is 1. The van der Waals surface area contributed by atoms with Gasteiger partial charge in [-0.3, -0.25) is 4.90 Å². The summed E-state index contributed by atoms with van der Waals surface area (Å²) in [6.45, 7) is 4.44. The van der Waals surface area contributed by atoms with Crippen molar-refractivity contribution in [2.45, 2.75) is 44.1 Å². The molecule has 1 atom stereocenters. The Kier molecular flexibility index (Phi) is 6.11. The van der Waals surface area contributed by atoms with Crippen LogP contribution in [0.4, 0.5) is 0 Å². The second-order valence-electron chi connectivity index (χ2n) is 6.76. The van der Waals surface area contributed by atoms with E-state index in [1.165, 1.54) is 5.56 Å². The highest BCUT2D eigenvalue weighted by atomic mass is 32.2. The smallest absolute Gasteiger partial charge is 0.227 e. The maximum Gasteiger partial charge on any atom is 0.227 e. The highest BCUT2D eigenvalue weighted by Crippen LogP contribution is 2.19. The summed E-state index contributed by atoms with van der Waals surface area (Å²) in [5, 5.41) is 0.182. The lowest BCUT2D eigenvalue weighted by atomic mass is 10.1. The second kappa shape index (κ2) is 8.33. The summed E-state index contributed by atoms with van der Waals surface area (Å²) in [6, 6.07) is 10.5. The van der Waals surface area contributed by atoms with Gasteiger partial charge in [0.25, 0.3) is 0 Å². The molecule has 0 spiro atoms. The summed E-state index contributed by atoms with van der Waals surface area (Å²) in [7, 11) is -1.30. The van der Waals surface area contributed by atoms with E-state index in [1.807, 2.05) is 22.8 Å². The Balaban J connectivity index is 1.83. The topological polar surface area (TPSA) is 64.4 Å². The third-order valence-corrected chi connectivity index (χ3v) is 6.61. The van der Waals surface area contributed by atoms with Gasteiger partial charge in [0.05, 0.1) is 24.3 Å². The average Bonchev–Trinajstić information content (AvgIpc) is 3.31. The Bertz CT molecular complexity index is 812. The molecule has 0 bridgehead atoms.